The van der Waals surface area contributed by atoms with E-state index in [1.54, 1.807) is 14.2 Å². The van der Waals surface area contributed by atoms with Crippen LogP contribution >= 0.6 is 0 Å². The van der Waals surface area contributed by atoms with E-state index in [1.165, 1.54) is 5.56 Å². The van der Waals surface area contributed by atoms with Crippen molar-refractivity contribution in [1.29, 1.82) is 0 Å². The van der Waals surface area contributed by atoms with Gasteiger partial charge in [0, 0.05) is 11.6 Å². The summed E-state index contributed by atoms with van der Waals surface area (Å²) >= 11 is 0. The lowest BCUT2D eigenvalue weighted by atomic mass is 10.00. The zero-order chi connectivity index (χ0) is 11.5. The minimum Gasteiger partial charge on any atom is -0.497 e. The lowest BCUT2D eigenvalue weighted by Crippen LogP contribution is -2.14. The summed E-state index contributed by atoms with van der Waals surface area (Å²) in [7, 11) is 3.40. The number of benzene rings is 1. The third kappa shape index (κ3) is 2.14. The molecule has 1 N–H and O–H groups in total. The van der Waals surface area contributed by atoms with Gasteiger partial charge in [0.1, 0.15) is 11.5 Å². The largest absolute Gasteiger partial charge is 0.497 e. The van der Waals surface area contributed by atoms with Gasteiger partial charge in [0.25, 0.3) is 0 Å². The summed E-state index contributed by atoms with van der Waals surface area (Å²) in [5, 5.41) is 3.51. The Morgan fingerprint density at radius 2 is 2.06 bits per heavy atom. The van der Waals surface area contributed by atoms with Crippen LogP contribution in [0, 0.1) is 5.92 Å². The van der Waals surface area contributed by atoms with E-state index >= 15 is 0 Å². The summed E-state index contributed by atoms with van der Waals surface area (Å²) < 4.78 is 10.7. The molecule has 1 aromatic rings. The summed E-state index contributed by atoms with van der Waals surface area (Å²) in [6, 6.07) is 6.36. The second-order valence-corrected chi connectivity index (χ2v) is 4.41. The van der Waals surface area contributed by atoms with Crippen LogP contribution in [0.5, 0.6) is 11.5 Å². The smallest absolute Gasteiger partial charge is 0.123 e. The van der Waals surface area contributed by atoms with Crippen molar-refractivity contribution in [2.45, 2.75) is 19.4 Å². The average molecular weight is 221 g/mol. The van der Waals surface area contributed by atoms with Gasteiger partial charge in [0.05, 0.1) is 14.2 Å². The molecule has 0 radical (unpaired) electrons. The summed E-state index contributed by atoms with van der Waals surface area (Å²) in [5.74, 6) is 2.55. The van der Waals surface area contributed by atoms with Crippen LogP contribution in [0.4, 0.5) is 0 Å². The molecule has 0 amide bonds. The van der Waals surface area contributed by atoms with Crippen LogP contribution in [0.3, 0.4) is 0 Å². The minimum atomic E-state index is 0.389. The first-order chi connectivity index (χ1) is 7.74. The highest BCUT2D eigenvalue weighted by Gasteiger charge is 2.24. The third-order valence-electron chi connectivity index (χ3n) is 3.16. The maximum Gasteiger partial charge on any atom is 0.123 e. The molecule has 1 aromatic carbocycles. The number of hydrogen-bond donors (Lipinski definition) is 1. The van der Waals surface area contributed by atoms with Gasteiger partial charge in [-0.05, 0) is 37.1 Å². The summed E-state index contributed by atoms with van der Waals surface area (Å²) in [6.07, 6.45) is 1.16. The molecule has 2 atom stereocenters. The van der Waals surface area contributed by atoms with E-state index in [0.717, 1.165) is 30.4 Å². The molecule has 16 heavy (non-hydrogen) atoms. The van der Waals surface area contributed by atoms with E-state index in [2.05, 4.69) is 18.3 Å². The van der Waals surface area contributed by atoms with E-state index in [1.807, 2.05) is 12.1 Å². The van der Waals surface area contributed by atoms with Crippen LogP contribution in [-0.2, 0) is 0 Å². The summed E-state index contributed by atoms with van der Waals surface area (Å²) in [5.41, 5.74) is 1.20. The van der Waals surface area contributed by atoms with Gasteiger partial charge in [-0.15, -0.1) is 0 Å². The Kier molecular flexibility index (Phi) is 3.34. The van der Waals surface area contributed by atoms with E-state index in [0.29, 0.717) is 6.04 Å². The van der Waals surface area contributed by atoms with Crippen molar-refractivity contribution in [3.05, 3.63) is 23.8 Å². The number of hydrogen-bond acceptors (Lipinski definition) is 3. The molecule has 1 heterocycles. The normalized spacial score (nSPS) is 24.4. The van der Waals surface area contributed by atoms with Gasteiger partial charge in [-0.3, -0.25) is 0 Å². The maximum atomic E-state index is 5.40. The average Bonchev–Trinajstić information content (AvgIpc) is 2.75. The highest BCUT2D eigenvalue weighted by atomic mass is 16.5. The Labute approximate surface area is 96.8 Å². The zero-order valence-corrected chi connectivity index (χ0v) is 10.1. The highest BCUT2D eigenvalue weighted by molar-refractivity contribution is 5.42. The van der Waals surface area contributed by atoms with Crippen molar-refractivity contribution in [2.75, 3.05) is 20.8 Å². The Balaban J connectivity index is 2.29. The van der Waals surface area contributed by atoms with E-state index in [9.17, 15) is 0 Å². The molecule has 0 saturated carbocycles. The molecular weight excluding hydrogens is 202 g/mol. The van der Waals surface area contributed by atoms with Crippen molar-refractivity contribution in [1.82, 2.24) is 5.32 Å². The van der Waals surface area contributed by atoms with Gasteiger partial charge < -0.3 is 14.8 Å². The van der Waals surface area contributed by atoms with Crippen molar-refractivity contribution >= 4 is 0 Å². The van der Waals surface area contributed by atoms with Gasteiger partial charge in [0.2, 0.25) is 0 Å². The molecule has 2 rings (SSSR count). The maximum absolute atomic E-state index is 5.40. The molecule has 0 spiro atoms. The standard InChI is InChI=1S/C13H19NO2/c1-9-6-12(14-8-9)11-7-10(15-2)4-5-13(11)16-3/h4-5,7,9,12,14H,6,8H2,1-3H3. The van der Waals surface area contributed by atoms with Gasteiger partial charge in [-0.25, -0.2) is 0 Å². The van der Waals surface area contributed by atoms with Crippen LogP contribution in [0.2, 0.25) is 0 Å². The van der Waals surface area contributed by atoms with Crippen LogP contribution in [0.25, 0.3) is 0 Å². The molecule has 1 fully saturated rings. The topological polar surface area (TPSA) is 30.5 Å². The van der Waals surface area contributed by atoms with Crippen LogP contribution < -0.4 is 14.8 Å². The minimum absolute atomic E-state index is 0.389. The van der Waals surface area contributed by atoms with Crippen molar-refractivity contribution in [3.63, 3.8) is 0 Å². The van der Waals surface area contributed by atoms with E-state index in [4.69, 9.17) is 9.47 Å². The molecule has 2 unspecified atom stereocenters. The SMILES string of the molecule is COc1ccc(OC)c(C2CC(C)CN2)c1. The quantitative estimate of drug-likeness (QED) is 0.850. The Hall–Kier alpha value is -1.22. The van der Waals surface area contributed by atoms with Crippen molar-refractivity contribution in [3.8, 4) is 11.5 Å². The number of ether oxygens (including phenoxy) is 2. The molecule has 0 bridgehead atoms. The number of nitrogens with one attached hydrogen (secondary N) is 1. The monoisotopic (exact) mass is 221 g/mol. The van der Waals surface area contributed by atoms with E-state index < -0.39 is 0 Å². The molecular formula is C13H19NO2. The second kappa shape index (κ2) is 4.74. The lowest BCUT2D eigenvalue weighted by Gasteiger charge is -2.16. The fourth-order valence-corrected chi connectivity index (χ4v) is 2.26. The molecule has 1 aliphatic heterocycles. The van der Waals surface area contributed by atoms with Gasteiger partial charge >= 0.3 is 0 Å². The molecule has 3 heteroatoms. The first kappa shape index (κ1) is 11.3. The van der Waals surface area contributed by atoms with Gasteiger partial charge in [0.15, 0.2) is 0 Å². The Morgan fingerprint density at radius 3 is 2.62 bits per heavy atom. The zero-order valence-electron chi connectivity index (χ0n) is 10.1. The van der Waals surface area contributed by atoms with Crippen molar-refractivity contribution < 1.29 is 9.47 Å². The van der Waals surface area contributed by atoms with E-state index in [-0.39, 0.29) is 0 Å². The summed E-state index contributed by atoms with van der Waals surface area (Å²) in [4.78, 5) is 0. The van der Waals surface area contributed by atoms with Gasteiger partial charge in [-0.1, -0.05) is 6.92 Å². The molecule has 0 aromatic heterocycles. The fourth-order valence-electron chi connectivity index (χ4n) is 2.26. The fraction of sp³-hybridized carbons (Fsp3) is 0.538. The highest BCUT2D eigenvalue weighted by Crippen LogP contribution is 2.35. The summed E-state index contributed by atoms with van der Waals surface area (Å²) in [6.45, 7) is 3.34. The molecule has 3 nitrogen and oxygen atoms in total. The number of methoxy groups -OCH3 is 2. The Morgan fingerprint density at radius 1 is 1.25 bits per heavy atom. The Bertz CT molecular complexity index is 365. The van der Waals surface area contributed by atoms with Crippen LogP contribution in [0.15, 0.2) is 18.2 Å². The van der Waals surface area contributed by atoms with Gasteiger partial charge in [-0.2, -0.15) is 0 Å². The molecule has 0 aliphatic carbocycles. The van der Waals surface area contributed by atoms with Crippen LogP contribution in [-0.4, -0.2) is 20.8 Å². The molecule has 1 aliphatic rings. The first-order valence-electron chi connectivity index (χ1n) is 5.70. The predicted octanol–water partition coefficient (Wildman–Crippen LogP) is 2.37. The number of rotatable bonds is 3. The molecule has 1 saturated heterocycles. The second-order valence-electron chi connectivity index (χ2n) is 4.41. The predicted molar refractivity (Wildman–Crippen MR) is 64.1 cm³/mol. The third-order valence-corrected chi connectivity index (χ3v) is 3.16. The molecule has 88 valence electrons. The van der Waals surface area contributed by atoms with Crippen LogP contribution in [0.1, 0.15) is 24.9 Å². The lowest BCUT2D eigenvalue weighted by molar-refractivity contribution is 0.392. The first-order valence-corrected chi connectivity index (χ1v) is 5.70. The van der Waals surface area contributed by atoms with Crippen molar-refractivity contribution in [2.24, 2.45) is 5.92 Å².